The number of rotatable bonds is 11. The molecule has 2 aliphatic carbocycles. The molecule has 3 heteroatoms. The summed E-state index contributed by atoms with van der Waals surface area (Å²) in [6.07, 6.45) is 18.1. The van der Waals surface area contributed by atoms with Gasteiger partial charge in [-0.3, -0.25) is 0 Å². The lowest BCUT2D eigenvalue weighted by molar-refractivity contribution is 0.158. The van der Waals surface area contributed by atoms with E-state index in [0.29, 0.717) is 12.2 Å². The van der Waals surface area contributed by atoms with Crippen LogP contribution in [0.2, 0.25) is 0 Å². The number of hydrogen-bond acceptors (Lipinski definition) is 1. The monoisotopic (exact) mass is 434 g/mol. The van der Waals surface area contributed by atoms with Gasteiger partial charge in [0.2, 0.25) is 5.82 Å². The first-order chi connectivity index (χ1) is 15.1. The van der Waals surface area contributed by atoms with Crippen molar-refractivity contribution in [3.63, 3.8) is 0 Å². The minimum absolute atomic E-state index is 0.0798. The van der Waals surface area contributed by atoms with Crippen LogP contribution in [0.15, 0.2) is 12.1 Å². The second-order valence-electron chi connectivity index (χ2n) is 10.2. The summed E-state index contributed by atoms with van der Waals surface area (Å²) in [7, 11) is 0. The van der Waals surface area contributed by atoms with Gasteiger partial charge in [-0.25, -0.2) is 4.39 Å². The highest BCUT2D eigenvalue weighted by Crippen LogP contribution is 2.45. The molecule has 1 aromatic rings. The molecule has 1 aromatic carbocycles. The third-order valence-corrected chi connectivity index (χ3v) is 8.18. The third kappa shape index (κ3) is 6.93. The summed E-state index contributed by atoms with van der Waals surface area (Å²) in [6.45, 7) is 4.98. The highest BCUT2D eigenvalue weighted by molar-refractivity contribution is 5.33. The van der Waals surface area contributed by atoms with Crippen LogP contribution in [0.4, 0.5) is 8.78 Å². The Balaban J connectivity index is 1.45. The summed E-state index contributed by atoms with van der Waals surface area (Å²) >= 11 is 0. The van der Waals surface area contributed by atoms with Gasteiger partial charge in [-0.2, -0.15) is 4.39 Å². The standard InChI is InChI=1S/C28H44F2O/c1-3-5-6-7-8-9-20-31-26-19-18-25(27(29)28(26)30)24-16-14-23(15-17-24)22-12-10-21(4-2)11-13-22/h18-19,21-24H,3-17,20H2,1-2H3. The Morgan fingerprint density at radius 1 is 0.742 bits per heavy atom. The van der Waals surface area contributed by atoms with Gasteiger partial charge in [-0.05, 0) is 80.2 Å². The first kappa shape index (κ1) is 24.5. The van der Waals surface area contributed by atoms with Crippen molar-refractivity contribution in [1.82, 2.24) is 0 Å². The Morgan fingerprint density at radius 2 is 1.35 bits per heavy atom. The maximum Gasteiger partial charge on any atom is 0.200 e. The molecule has 0 heterocycles. The smallest absolute Gasteiger partial charge is 0.200 e. The van der Waals surface area contributed by atoms with Crippen molar-refractivity contribution in [2.75, 3.05) is 6.61 Å². The van der Waals surface area contributed by atoms with E-state index in [0.717, 1.165) is 43.4 Å². The molecule has 1 nitrogen and oxygen atoms in total. The Morgan fingerprint density at radius 3 is 2.00 bits per heavy atom. The molecule has 0 spiro atoms. The van der Waals surface area contributed by atoms with E-state index in [9.17, 15) is 8.78 Å². The number of ether oxygens (including phenoxy) is 1. The molecular formula is C28H44F2O. The molecule has 0 radical (unpaired) electrons. The van der Waals surface area contributed by atoms with Crippen LogP contribution < -0.4 is 4.74 Å². The average molecular weight is 435 g/mol. The van der Waals surface area contributed by atoms with E-state index >= 15 is 0 Å². The van der Waals surface area contributed by atoms with E-state index in [1.54, 1.807) is 12.1 Å². The summed E-state index contributed by atoms with van der Waals surface area (Å²) in [4.78, 5) is 0. The van der Waals surface area contributed by atoms with Gasteiger partial charge >= 0.3 is 0 Å². The Labute approximate surface area is 189 Å². The molecular weight excluding hydrogens is 390 g/mol. The summed E-state index contributed by atoms with van der Waals surface area (Å²) in [5.74, 6) is 1.37. The predicted molar refractivity (Wildman–Crippen MR) is 126 cm³/mol. The van der Waals surface area contributed by atoms with Crippen molar-refractivity contribution in [3.05, 3.63) is 29.3 Å². The van der Waals surface area contributed by atoms with Crippen molar-refractivity contribution in [3.8, 4) is 5.75 Å². The molecule has 176 valence electrons. The van der Waals surface area contributed by atoms with Gasteiger partial charge in [0.25, 0.3) is 0 Å². The lowest BCUT2D eigenvalue weighted by Gasteiger charge is -2.38. The quantitative estimate of drug-likeness (QED) is 0.315. The molecule has 0 aliphatic heterocycles. The van der Waals surface area contributed by atoms with Crippen LogP contribution in [0.5, 0.6) is 5.75 Å². The highest BCUT2D eigenvalue weighted by atomic mass is 19.2. The van der Waals surface area contributed by atoms with Gasteiger partial charge in [0, 0.05) is 0 Å². The molecule has 3 rings (SSSR count). The van der Waals surface area contributed by atoms with Gasteiger partial charge in [0.1, 0.15) is 0 Å². The van der Waals surface area contributed by atoms with E-state index in [4.69, 9.17) is 4.74 Å². The van der Waals surface area contributed by atoms with Crippen LogP contribution in [0.3, 0.4) is 0 Å². The van der Waals surface area contributed by atoms with Crippen LogP contribution in [0, 0.1) is 29.4 Å². The Bertz CT molecular complexity index is 643. The summed E-state index contributed by atoms with van der Waals surface area (Å²) < 4.78 is 35.0. The molecule has 2 saturated carbocycles. The van der Waals surface area contributed by atoms with Gasteiger partial charge in [0.15, 0.2) is 11.6 Å². The van der Waals surface area contributed by atoms with Crippen LogP contribution in [-0.2, 0) is 0 Å². The maximum atomic E-state index is 14.8. The number of halogens is 2. The minimum Gasteiger partial charge on any atom is -0.490 e. The summed E-state index contributed by atoms with van der Waals surface area (Å²) in [5, 5.41) is 0. The molecule has 0 bridgehead atoms. The zero-order valence-corrected chi connectivity index (χ0v) is 19.9. The maximum absolute atomic E-state index is 14.8. The van der Waals surface area contributed by atoms with E-state index in [-0.39, 0.29) is 11.7 Å². The highest BCUT2D eigenvalue weighted by Gasteiger charge is 2.32. The summed E-state index contributed by atoms with van der Waals surface area (Å²) in [6, 6.07) is 3.44. The second-order valence-corrected chi connectivity index (χ2v) is 10.2. The van der Waals surface area contributed by atoms with Gasteiger partial charge in [0.05, 0.1) is 6.61 Å². The zero-order valence-electron chi connectivity index (χ0n) is 19.9. The van der Waals surface area contributed by atoms with Crippen molar-refractivity contribution in [2.45, 2.75) is 116 Å². The van der Waals surface area contributed by atoms with Crippen molar-refractivity contribution < 1.29 is 13.5 Å². The van der Waals surface area contributed by atoms with Gasteiger partial charge in [-0.15, -0.1) is 0 Å². The molecule has 0 saturated heterocycles. The number of benzene rings is 1. The molecule has 31 heavy (non-hydrogen) atoms. The fourth-order valence-electron chi connectivity index (χ4n) is 6.01. The van der Waals surface area contributed by atoms with Crippen LogP contribution >= 0.6 is 0 Å². The Hall–Kier alpha value is -1.12. The number of unbranched alkanes of at least 4 members (excludes halogenated alkanes) is 5. The molecule has 0 amide bonds. The van der Waals surface area contributed by atoms with Crippen molar-refractivity contribution in [1.29, 1.82) is 0 Å². The largest absolute Gasteiger partial charge is 0.490 e. The van der Waals surface area contributed by atoms with Crippen LogP contribution in [-0.4, -0.2) is 6.61 Å². The van der Waals surface area contributed by atoms with Crippen molar-refractivity contribution >= 4 is 0 Å². The Kier molecular flexibility index (Phi) is 10.1. The molecule has 0 aromatic heterocycles. The third-order valence-electron chi connectivity index (χ3n) is 8.18. The molecule has 0 N–H and O–H groups in total. The second kappa shape index (κ2) is 12.8. The minimum atomic E-state index is -0.788. The lowest BCUT2D eigenvalue weighted by Crippen LogP contribution is -2.25. The molecule has 0 atom stereocenters. The fourth-order valence-corrected chi connectivity index (χ4v) is 6.01. The van der Waals surface area contributed by atoms with E-state index < -0.39 is 11.6 Å². The normalized spacial score (nSPS) is 26.7. The van der Waals surface area contributed by atoms with Gasteiger partial charge < -0.3 is 4.74 Å². The number of hydrogen-bond donors (Lipinski definition) is 0. The van der Waals surface area contributed by atoms with Crippen LogP contribution in [0.25, 0.3) is 0 Å². The molecule has 2 fully saturated rings. The van der Waals surface area contributed by atoms with E-state index in [1.807, 2.05) is 0 Å². The van der Waals surface area contributed by atoms with Gasteiger partial charge in [-0.1, -0.05) is 71.3 Å². The SMILES string of the molecule is CCCCCCCCOc1ccc(C2CCC(C3CCC(CC)CC3)CC2)c(F)c1F. The average Bonchev–Trinajstić information content (AvgIpc) is 2.81. The van der Waals surface area contributed by atoms with Crippen molar-refractivity contribution in [2.24, 2.45) is 17.8 Å². The van der Waals surface area contributed by atoms with E-state index in [2.05, 4.69) is 13.8 Å². The van der Waals surface area contributed by atoms with E-state index in [1.165, 1.54) is 70.6 Å². The first-order valence-corrected chi connectivity index (χ1v) is 13.2. The first-order valence-electron chi connectivity index (χ1n) is 13.2. The lowest BCUT2D eigenvalue weighted by atomic mass is 9.68. The topological polar surface area (TPSA) is 9.23 Å². The fraction of sp³-hybridized carbons (Fsp3) is 0.786. The zero-order chi connectivity index (χ0) is 22.1. The van der Waals surface area contributed by atoms with Crippen LogP contribution in [0.1, 0.15) is 122 Å². The predicted octanol–water partition coefficient (Wildman–Crippen LogP) is 9.19. The summed E-state index contributed by atoms with van der Waals surface area (Å²) in [5.41, 5.74) is 0.567. The molecule has 2 aliphatic rings. The molecule has 0 unspecified atom stereocenters.